The molecule has 1 heterocycles. The molecule has 1 saturated heterocycles. The van der Waals surface area contributed by atoms with Gasteiger partial charge in [-0.3, -0.25) is 4.79 Å². The van der Waals surface area contributed by atoms with Crippen LogP contribution >= 0.6 is 0 Å². The van der Waals surface area contributed by atoms with Crippen LogP contribution in [0.15, 0.2) is 24.3 Å². The number of aryl methyl sites for hydroxylation is 1. The van der Waals surface area contributed by atoms with E-state index >= 15 is 0 Å². The van der Waals surface area contributed by atoms with E-state index < -0.39 is 0 Å². The summed E-state index contributed by atoms with van der Waals surface area (Å²) in [6.45, 7) is 7.22. The average Bonchev–Trinajstić information content (AvgIpc) is 3.27. The predicted molar refractivity (Wildman–Crippen MR) is 80.9 cm³/mol. The minimum Gasteiger partial charge on any atom is -0.337 e. The van der Waals surface area contributed by atoms with Crippen LogP contribution < -0.4 is 0 Å². The molecule has 2 fully saturated rings. The van der Waals surface area contributed by atoms with Gasteiger partial charge in [-0.1, -0.05) is 18.2 Å². The summed E-state index contributed by atoms with van der Waals surface area (Å²) in [6, 6.07) is 7.92. The lowest BCUT2D eigenvalue weighted by Crippen LogP contribution is -2.36. The molecule has 1 aromatic carbocycles. The molecule has 0 aromatic heterocycles. The van der Waals surface area contributed by atoms with E-state index in [-0.39, 0.29) is 5.91 Å². The van der Waals surface area contributed by atoms with E-state index in [9.17, 15) is 4.79 Å². The van der Waals surface area contributed by atoms with Crippen LogP contribution in [0.1, 0.15) is 35.2 Å². The van der Waals surface area contributed by atoms with Gasteiger partial charge >= 0.3 is 0 Å². The fourth-order valence-electron chi connectivity index (χ4n) is 3.01. The Morgan fingerprint density at radius 3 is 2.70 bits per heavy atom. The van der Waals surface area contributed by atoms with Crippen molar-refractivity contribution >= 4 is 5.91 Å². The van der Waals surface area contributed by atoms with Crippen LogP contribution in [0.2, 0.25) is 0 Å². The van der Waals surface area contributed by atoms with Gasteiger partial charge in [0.15, 0.2) is 0 Å². The molecule has 0 unspecified atom stereocenters. The number of rotatable bonds is 3. The number of hydrogen-bond donors (Lipinski definition) is 0. The summed E-state index contributed by atoms with van der Waals surface area (Å²) in [5, 5.41) is 0. The third-order valence-electron chi connectivity index (χ3n) is 4.46. The molecule has 1 aliphatic heterocycles. The largest absolute Gasteiger partial charge is 0.337 e. The van der Waals surface area contributed by atoms with Gasteiger partial charge < -0.3 is 9.80 Å². The Kier molecular flexibility index (Phi) is 4.06. The molecular formula is C17H24N2O. The second-order valence-corrected chi connectivity index (χ2v) is 6.20. The number of nitrogens with zero attached hydrogens (tertiary/aromatic N) is 2. The molecule has 1 aliphatic carbocycles. The van der Waals surface area contributed by atoms with Crippen molar-refractivity contribution in [3.63, 3.8) is 0 Å². The maximum Gasteiger partial charge on any atom is 0.254 e. The van der Waals surface area contributed by atoms with Crippen molar-refractivity contribution in [3.8, 4) is 0 Å². The molecule has 108 valence electrons. The molecule has 0 spiro atoms. The molecule has 0 radical (unpaired) electrons. The predicted octanol–water partition coefficient (Wildman–Crippen LogP) is 2.55. The molecule has 3 rings (SSSR count). The monoisotopic (exact) mass is 272 g/mol. The Bertz CT molecular complexity index is 482. The van der Waals surface area contributed by atoms with Gasteiger partial charge in [0.2, 0.25) is 0 Å². The van der Waals surface area contributed by atoms with Gasteiger partial charge in [-0.05, 0) is 50.3 Å². The molecule has 3 heteroatoms. The average molecular weight is 272 g/mol. The van der Waals surface area contributed by atoms with Crippen molar-refractivity contribution in [1.29, 1.82) is 0 Å². The summed E-state index contributed by atoms with van der Waals surface area (Å²) in [5.41, 5.74) is 1.94. The minimum absolute atomic E-state index is 0.205. The Morgan fingerprint density at radius 2 is 1.95 bits per heavy atom. The Labute approximate surface area is 121 Å². The van der Waals surface area contributed by atoms with E-state index in [0.29, 0.717) is 0 Å². The number of benzene rings is 1. The van der Waals surface area contributed by atoms with Crippen molar-refractivity contribution in [2.45, 2.75) is 26.2 Å². The number of hydrogen-bond acceptors (Lipinski definition) is 2. The van der Waals surface area contributed by atoms with Crippen molar-refractivity contribution in [1.82, 2.24) is 9.80 Å². The minimum atomic E-state index is 0.205. The number of amides is 1. The lowest BCUT2D eigenvalue weighted by molar-refractivity contribution is 0.0760. The van der Waals surface area contributed by atoms with Gasteiger partial charge in [0.25, 0.3) is 5.91 Å². The first-order valence-corrected chi connectivity index (χ1v) is 7.81. The first-order chi connectivity index (χ1) is 9.74. The van der Waals surface area contributed by atoms with Gasteiger partial charge in [-0.25, -0.2) is 0 Å². The second kappa shape index (κ2) is 5.96. The van der Waals surface area contributed by atoms with E-state index in [2.05, 4.69) is 4.90 Å². The smallest absolute Gasteiger partial charge is 0.254 e. The summed E-state index contributed by atoms with van der Waals surface area (Å²) >= 11 is 0. The summed E-state index contributed by atoms with van der Waals surface area (Å²) in [6.07, 6.45) is 3.91. The Hall–Kier alpha value is -1.35. The number of carbonyl (C=O) groups excluding carboxylic acids is 1. The summed E-state index contributed by atoms with van der Waals surface area (Å²) in [5.74, 6) is 1.14. The first-order valence-electron chi connectivity index (χ1n) is 7.81. The molecule has 0 bridgehead atoms. The fraction of sp³-hybridized carbons (Fsp3) is 0.588. The Morgan fingerprint density at radius 1 is 1.15 bits per heavy atom. The van der Waals surface area contributed by atoms with Crippen LogP contribution in [-0.2, 0) is 0 Å². The van der Waals surface area contributed by atoms with E-state index in [4.69, 9.17) is 0 Å². The van der Waals surface area contributed by atoms with Crippen LogP contribution in [0, 0.1) is 12.8 Å². The second-order valence-electron chi connectivity index (χ2n) is 6.20. The molecule has 1 saturated carbocycles. The highest BCUT2D eigenvalue weighted by atomic mass is 16.2. The van der Waals surface area contributed by atoms with E-state index in [1.807, 2.05) is 36.1 Å². The zero-order valence-electron chi connectivity index (χ0n) is 12.3. The standard InChI is InChI=1S/C17H24N2O/c1-14-5-2-3-6-16(14)17(20)19-10-4-9-18(11-12-19)13-15-7-8-15/h2-3,5-6,15H,4,7-13H2,1H3. The maximum atomic E-state index is 12.6. The van der Waals surface area contributed by atoms with Crippen molar-refractivity contribution in [2.24, 2.45) is 5.92 Å². The van der Waals surface area contributed by atoms with Crippen LogP contribution in [0.25, 0.3) is 0 Å². The third-order valence-corrected chi connectivity index (χ3v) is 4.46. The van der Waals surface area contributed by atoms with E-state index in [1.165, 1.54) is 19.4 Å². The third kappa shape index (κ3) is 3.21. The molecule has 1 aromatic rings. The zero-order chi connectivity index (χ0) is 13.9. The van der Waals surface area contributed by atoms with Crippen LogP contribution in [0.5, 0.6) is 0 Å². The molecule has 2 aliphatic rings. The van der Waals surface area contributed by atoms with Crippen LogP contribution in [-0.4, -0.2) is 48.4 Å². The molecule has 20 heavy (non-hydrogen) atoms. The topological polar surface area (TPSA) is 23.6 Å². The molecule has 0 atom stereocenters. The van der Waals surface area contributed by atoms with Crippen molar-refractivity contribution < 1.29 is 4.79 Å². The van der Waals surface area contributed by atoms with Crippen LogP contribution in [0.3, 0.4) is 0 Å². The van der Waals surface area contributed by atoms with E-state index in [1.54, 1.807) is 0 Å². The lowest BCUT2D eigenvalue weighted by atomic mass is 10.1. The Balaban J connectivity index is 1.62. The van der Waals surface area contributed by atoms with Gasteiger partial charge in [0, 0.05) is 31.7 Å². The maximum absolute atomic E-state index is 12.6. The normalized spacial score (nSPS) is 20.8. The van der Waals surface area contributed by atoms with Gasteiger partial charge in [0.05, 0.1) is 0 Å². The quantitative estimate of drug-likeness (QED) is 0.844. The van der Waals surface area contributed by atoms with Gasteiger partial charge in [-0.2, -0.15) is 0 Å². The first kappa shape index (κ1) is 13.6. The molecule has 0 N–H and O–H groups in total. The van der Waals surface area contributed by atoms with Gasteiger partial charge in [-0.15, -0.1) is 0 Å². The van der Waals surface area contributed by atoms with Gasteiger partial charge in [0.1, 0.15) is 0 Å². The van der Waals surface area contributed by atoms with Crippen LogP contribution in [0.4, 0.5) is 0 Å². The SMILES string of the molecule is Cc1ccccc1C(=O)N1CCCN(CC2CC2)CC1. The highest BCUT2D eigenvalue weighted by Gasteiger charge is 2.26. The summed E-state index contributed by atoms with van der Waals surface area (Å²) < 4.78 is 0. The van der Waals surface area contributed by atoms with E-state index in [0.717, 1.165) is 49.6 Å². The zero-order valence-corrected chi connectivity index (χ0v) is 12.3. The molecular weight excluding hydrogens is 248 g/mol. The number of carbonyl (C=O) groups is 1. The lowest BCUT2D eigenvalue weighted by Gasteiger charge is -2.22. The molecule has 3 nitrogen and oxygen atoms in total. The summed E-state index contributed by atoms with van der Waals surface area (Å²) in [4.78, 5) is 17.2. The fourth-order valence-corrected chi connectivity index (χ4v) is 3.01. The highest BCUT2D eigenvalue weighted by molar-refractivity contribution is 5.95. The van der Waals surface area contributed by atoms with Crippen molar-refractivity contribution in [3.05, 3.63) is 35.4 Å². The van der Waals surface area contributed by atoms with Crippen molar-refractivity contribution in [2.75, 3.05) is 32.7 Å². The summed E-state index contributed by atoms with van der Waals surface area (Å²) in [7, 11) is 0. The molecule has 1 amide bonds. The highest BCUT2D eigenvalue weighted by Crippen LogP contribution is 2.30.